The summed E-state index contributed by atoms with van der Waals surface area (Å²) in [5, 5.41) is 0. The molecule has 0 radical (unpaired) electrons. The van der Waals surface area contributed by atoms with Gasteiger partial charge in [0.05, 0.1) is 6.26 Å². The summed E-state index contributed by atoms with van der Waals surface area (Å²) in [5.74, 6) is 2.28. The summed E-state index contributed by atoms with van der Waals surface area (Å²) >= 11 is 0. The lowest BCUT2D eigenvalue weighted by atomic mass is 10.8. The smallest absolute Gasteiger partial charge is 0.147 e. The number of hydrogen-bond acceptors (Lipinski definition) is 1. The molecule has 32 valence electrons. The monoisotopic (exact) mass is 82.0 g/mol. The Balaban J connectivity index is 2.72. The van der Waals surface area contributed by atoms with Crippen LogP contribution in [0.1, 0.15) is 0 Å². The zero-order valence-electron chi connectivity index (χ0n) is 3.48. The molecule has 1 heteroatoms. The van der Waals surface area contributed by atoms with Crippen molar-refractivity contribution in [2.75, 3.05) is 6.61 Å². The third-order valence-electron chi connectivity index (χ3n) is 0.285. The van der Waals surface area contributed by atoms with Crippen LogP contribution in [0.15, 0.2) is 12.8 Å². The highest BCUT2D eigenvalue weighted by Crippen LogP contribution is 1.65. The van der Waals surface area contributed by atoms with Gasteiger partial charge in [0.1, 0.15) is 6.61 Å². The molecule has 0 saturated carbocycles. The first-order valence-corrected chi connectivity index (χ1v) is 1.57. The van der Waals surface area contributed by atoms with Crippen molar-refractivity contribution in [1.29, 1.82) is 0 Å². The van der Waals surface area contributed by atoms with Crippen LogP contribution in [-0.4, -0.2) is 6.61 Å². The van der Waals surface area contributed by atoms with Gasteiger partial charge in [0.15, 0.2) is 0 Å². The molecule has 0 aromatic heterocycles. The van der Waals surface area contributed by atoms with Gasteiger partial charge in [-0.2, -0.15) is 0 Å². The van der Waals surface area contributed by atoms with E-state index in [1.54, 1.807) is 0 Å². The average molecular weight is 82.1 g/mol. The van der Waals surface area contributed by atoms with E-state index in [0.29, 0.717) is 6.61 Å². The van der Waals surface area contributed by atoms with Crippen molar-refractivity contribution in [3.05, 3.63) is 12.8 Å². The minimum absolute atomic E-state index is 0.323. The minimum Gasteiger partial charge on any atom is -0.489 e. The molecular weight excluding hydrogens is 76.1 g/mol. The maximum absolute atomic E-state index is 4.79. The van der Waals surface area contributed by atoms with Crippen LogP contribution in [0.3, 0.4) is 0 Å². The summed E-state index contributed by atoms with van der Waals surface area (Å²) in [6.45, 7) is 3.60. The van der Waals surface area contributed by atoms with Crippen molar-refractivity contribution in [3.8, 4) is 12.3 Å². The van der Waals surface area contributed by atoms with E-state index in [4.69, 9.17) is 6.42 Å². The molecule has 0 amide bonds. The van der Waals surface area contributed by atoms with E-state index in [0.717, 1.165) is 0 Å². The highest BCUT2D eigenvalue weighted by atomic mass is 16.5. The van der Waals surface area contributed by atoms with Crippen LogP contribution in [-0.2, 0) is 4.74 Å². The van der Waals surface area contributed by atoms with Crippen molar-refractivity contribution in [1.82, 2.24) is 0 Å². The molecule has 0 fully saturated rings. The van der Waals surface area contributed by atoms with Gasteiger partial charge < -0.3 is 4.74 Å². The second-order valence-electron chi connectivity index (χ2n) is 0.682. The van der Waals surface area contributed by atoms with Crippen LogP contribution < -0.4 is 0 Å². The standard InChI is InChI=1S/C5H6O/c1-3-5-6-4-2/h1,4H,2,5H2. The molecule has 0 saturated heterocycles. The second kappa shape index (κ2) is 4.10. The predicted molar refractivity (Wildman–Crippen MR) is 25.0 cm³/mol. The molecule has 0 spiro atoms. The van der Waals surface area contributed by atoms with Gasteiger partial charge in [-0.15, -0.1) is 6.42 Å². The maximum Gasteiger partial charge on any atom is 0.147 e. The summed E-state index contributed by atoms with van der Waals surface area (Å²) in [7, 11) is 0. The normalized spacial score (nSPS) is 5.83. The van der Waals surface area contributed by atoms with Crippen LogP contribution >= 0.6 is 0 Å². The van der Waals surface area contributed by atoms with Crippen molar-refractivity contribution < 1.29 is 4.74 Å². The lowest BCUT2D eigenvalue weighted by Crippen LogP contribution is -1.76. The number of rotatable bonds is 2. The predicted octanol–water partition coefficient (Wildman–Crippen LogP) is 0.780. The first-order chi connectivity index (χ1) is 2.91. The topological polar surface area (TPSA) is 9.23 Å². The molecule has 0 rings (SSSR count). The Hall–Kier alpha value is -0.900. The summed E-state index contributed by atoms with van der Waals surface area (Å²) in [6, 6.07) is 0. The summed E-state index contributed by atoms with van der Waals surface area (Å²) in [4.78, 5) is 0. The lowest BCUT2D eigenvalue weighted by molar-refractivity contribution is 0.298. The van der Waals surface area contributed by atoms with E-state index in [1.165, 1.54) is 6.26 Å². The number of terminal acetylenes is 1. The van der Waals surface area contributed by atoms with Crippen molar-refractivity contribution in [2.24, 2.45) is 0 Å². The highest BCUT2D eigenvalue weighted by molar-refractivity contribution is 4.83. The minimum atomic E-state index is 0.323. The van der Waals surface area contributed by atoms with E-state index in [9.17, 15) is 0 Å². The third kappa shape index (κ3) is 3.10. The summed E-state index contributed by atoms with van der Waals surface area (Å²) < 4.78 is 4.51. The largest absolute Gasteiger partial charge is 0.489 e. The van der Waals surface area contributed by atoms with E-state index in [-0.39, 0.29) is 0 Å². The fourth-order valence-corrected chi connectivity index (χ4v) is 0.107. The molecule has 0 aromatic carbocycles. The van der Waals surface area contributed by atoms with Gasteiger partial charge in [0, 0.05) is 0 Å². The average Bonchev–Trinajstić information content (AvgIpc) is 1.61. The van der Waals surface area contributed by atoms with Crippen molar-refractivity contribution >= 4 is 0 Å². The zero-order valence-corrected chi connectivity index (χ0v) is 3.48. The van der Waals surface area contributed by atoms with Crippen molar-refractivity contribution in [2.45, 2.75) is 0 Å². The summed E-state index contributed by atoms with van der Waals surface area (Å²) in [5.41, 5.74) is 0. The molecule has 0 heterocycles. The fraction of sp³-hybridized carbons (Fsp3) is 0.200. The molecule has 0 atom stereocenters. The molecule has 0 N–H and O–H groups in total. The SMILES string of the molecule is C#CCOC=C. The van der Waals surface area contributed by atoms with Crippen LogP contribution in [0.5, 0.6) is 0 Å². The number of ether oxygens (including phenoxy) is 1. The van der Waals surface area contributed by atoms with Gasteiger partial charge in [-0.05, 0) is 0 Å². The van der Waals surface area contributed by atoms with Crippen LogP contribution in [0.25, 0.3) is 0 Å². The Morgan fingerprint density at radius 1 is 2.00 bits per heavy atom. The van der Waals surface area contributed by atoms with Crippen LogP contribution in [0.4, 0.5) is 0 Å². The van der Waals surface area contributed by atoms with Gasteiger partial charge in [0.2, 0.25) is 0 Å². The van der Waals surface area contributed by atoms with Gasteiger partial charge in [-0.1, -0.05) is 12.5 Å². The molecule has 0 aliphatic carbocycles. The first-order valence-electron chi connectivity index (χ1n) is 1.57. The number of hydrogen-bond donors (Lipinski definition) is 0. The third-order valence-corrected chi connectivity index (χ3v) is 0.285. The lowest BCUT2D eigenvalue weighted by Gasteiger charge is -1.84. The maximum atomic E-state index is 4.79. The molecule has 0 bridgehead atoms. The van der Waals surface area contributed by atoms with Gasteiger partial charge in [-0.3, -0.25) is 0 Å². The van der Waals surface area contributed by atoms with Crippen LogP contribution in [0, 0.1) is 12.3 Å². The second-order valence-corrected chi connectivity index (χ2v) is 0.682. The van der Waals surface area contributed by atoms with E-state index in [1.807, 2.05) is 0 Å². The molecule has 0 aromatic rings. The Kier molecular flexibility index (Phi) is 3.48. The van der Waals surface area contributed by atoms with E-state index >= 15 is 0 Å². The Morgan fingerprint density at radius 3 is 2.83 bits per heavy atom. The van der Waals surface area contributed by atoms with Crippen LogP contribution in [0.2, 0.25) is 0 Å². The van der Waals surface area contributed by atoms with Crippen molar-refractivity contribution in [3.63, 3.8) is 0 Å². The molecule has 0 unspecified atom stereocenters. The van der Waals surface area contributed by atoms with Gasteiger partial charge in [-0.25, -0.2) is 0 Å². The van der Waals surface area contributed by atoms with E-state index in [2.05, 4.69) is 17.2 Å². The highest BCUT2D eigenvalue weighted by Gasteiger charge is 1.61. The van der Waals surface area contributed by atoms with E-state index < -0.39 is 0 Å². The Morgan fingerprint density at radius 2 is 2.67 bits per heavy atom. The Labute approximate surface area is 37.6 Å². The van der Waals surface area contributed by atoms with Gasteiger partial charge >= 0.3 is 0 Å². The summed E-state index contributed by atoms with van der Waals surface area (Å²) in [6.07, 6.45) is 6.11. The molecule has 0 aliphatic heterocycles. The molecular formula is C5H6O. The Bertz CT molecular complexity index is 68.5. The fourth-order valence-electron chi connectivity index (χ4n) is 0.107. The molecule has 0 aliphatic rings. The zero-order chi connectivity index (χ0) is 4.83. The molecule has 1 nitrogen and oxygen atoms in total. The quantitative estimate of drug-likeness (QED) is 0.272. The van der Waals surface area contributed by atoms with Gasteiger partial charge in [0.25, 0.3) is 0 Å². The first kappa shape index (κ1) is 5.10. The molecule has 6 heavy (non-hydrogen) atoms.